The fraction of sp³-hybridized carbons (Fsp3) is 0.0526. The van der Waals surface area contributed by atoms with Gasteiger partial charge in [0.25, 0.3) is 7.42 Å². The van der Waals surface area contributed by atoms with E-state index in [-0.39, 0.29) is 0 Å². The summed E-state index contributed by atoms with van der Waals surface area (Å²) < 4.78 is 0. The van der Waals surface area contributed by atoms with Crippen LogP contribution in [-0.2, 0) is 5.04 Å². The fourth-order valence-corrected chi connectivity index (χ4v) is 6.58. The van der Waals surface area contributed by atoms with Gasteiger partial charge in [-0.3, -0.25) is 0 Å². The molecule has 0 heterocycles. The Morgan fingerprint density at radius 1 is 0.500 bits per heavy atom. The van der Waals surface area contributed by atoms with Crippen molar-refractivity contribution in [3.8, 4) is 0 Å². The Bertz CT molecular complexity index is 616. The van der Waals surface area contributed by atoms with E-state index in [1.54, 1.807) is 0 Å². The summed E-state index contributed by atoms with van der Waals surface area (Å²) in [6.07, 6.45) is 0. The number of benzene rings is 3. The van der Waals surface area contributed by atoms with Crippen LogP contribution in [-0.4, -0.2) is 7.42 Å². The minimum absolute atomic E-state index is 0.451. The SMILES string of the molecule is Cl[SiH](Cl)C(c1ccccc1)(c1ccccc1)c1ccccc1. The van der Waals surface area contributed by atoms with Crippen molar-refractivity contribution in [2.75, 3.05) is 0 Å². The summed E-state index contributed by atoms with van der Waals surface area (Å²) >= 11 is 13.4. The quantitative estimate of drug-likeness (QED) is 0.344. The van der Waals surface area contributed by atoms with Gasteiger partial charge in [-0.05, 0) is 16.7 Å². The summed E-state index contributed by atoms with van der Waals surface area (Å²) in [5.74, 6) is 0. The number of rotatable bonds is 4. The monoisotopic (exact) mass is 342 g/mol. The van der Waals surface area contributed by atoms with E-state index >= 15 is 0 Å². The van der Waals surface area contributed by atoms with E-state index in [1.165, 1.54) is 0 Å². The van der Waals surface area contributed by atoms with Crippen molar-refractivity contribution >= 4 is 29.6 Å². The molecule has 0 aromatic heterocycles. The third-order valence-corrected chi connectivity index (χ3v) is 7.63. The molecule has 0 saturated heterocycles. The Morgan fingerprint density at radius 2 is 0.773 bits per heavy atom. The molecule has 0 aliphatic rings. The van der Waals surface area contributed by atoms with Crippen LogP contribution in [0.2, 0.25) is 0 Å². The predicted molar refractivity (Wildman–Crippen MR) is 98.1 cm³/mol. The number of hydrogen-bond acceptors (Lipinski definition) is 0. The second-order valence-corrected chi connectivity index (χ2v) is 9.96. The van der Waals surface area contributed by atoms with E-state index in [4.69, 9.17) is 22.2 Å². The maximum Gasteiger partial charge on any atom is 0.255 e. The first-order chi connectivity index (χ1) is 10.8. The summed E-state index contributed by atoms with van der Waals surface area (Å²) in [4.78, 5) is 0. The topological polar surface area (TPSA) is 0 Å². The molecular weight excluding hydrogens is 327 g/mol. The maximum absolute atomic E-state index is 6.71. The zero-order chi connectivity index (χ0) is 15.4. The van der Waals surface area contributed by atoms with Gasteiger partial charge in [0.1, 0.15) is 0 Å². The van der Waals surface area contributed by atoms with Gasteiger partial charge < -0.3 is 0 Å². The Morgan fingerprint density at radius 3 is 1.00 bits per heavy atom. The van der Waals surface area contributed by atoms with Gasteiger partial charge in [0.15, 0.2) is 0 Å². The van der Waals surface area contributed by atoms with Gasteiger partial charge in [-0.2, -0.15) is 0 Å². The van der Waals surface area contributed by atoms with Gasteiger partial charge >= 0.3 is 0 Å². The fourth-order valence-electron chi connectivity index (χ4n) is 2.98. The zero-order valence-corrected chi connectivity index (χ0v) is 14.7. The van der Waals surface area contributed by atoms with Gasteiger partial charge in [0, 0.05) is 0 Å². The molecule has 0 bridgehead atoms. The van der Waals surface area contributed by atoms with E-state index in [0.29, 0.717) is 0 Å². The zero-order valence-electron chi connectivity index (χ0n) is 12.0. The number of halogens is 2. The third-order valence-electron chi connectivity index (χ3n) is 4.01. The highest BCUT2D eigenvalue weighted by atomic mass is 35.7. The lowest BCUT2D eigenvalue weighted by molar-refractivity contribution is 0.868. The molecule has 0 fully saturated rings. The smallest absolute Gasteiger partial charge is 0.149 e. The summed E-state index contributed by atoms with van der Waals surface area (Å²) in [6, 6.07) is 31.0. The van der Waals surface area contributed by atoms with Gasteiger partial charge in [0.05, 0.1) is 5.04 Å². The van der Waals surface area contributed by atoms with Crippen LogP contribution in [0.25, 0.3) is 0 Å². The molecule has 3 heteroatoms. The van der Waals surface area contributed by atoms with E-state index in [2.05, 4.69) is 36.4 Å². The Labute approximate surface area is 142 Å². The van der Waals surface area contributed by atoms with E-state index in [9.17, 15) is 0 Å². The molecule has 0 spiro atoms. The van der Waals surface area contributed by atoms with Gasteiger partial charge in [-0.15, -0.1) is 22.2 Å². The molecular formula is C19H16Cl2Si. The van der Waals surface area contributed by atoms with Crippen molar-refractivity contribution in [3.05, 3.63) is 108 Å². The Kier molecular flexibility index (Phi) is 4.68. The van der Waals surface area contributed by atoms with Crippen LogP contribution < -0.4 is 0 Å². The van der Waals surface area contributed by atoms with Crippen LogP contribution in [0.3, 0.4) is 0 Å². The first-order valence-electron chi connectivity index (χ1n) is 7.21. The Balaban J connectivity index is 2.34. The predicted octanol–water partition coefficient (Wildman–Crippen LogP) is 5.26. The third kappa shape index (κ3) is 2.61. The van der Waals surface area contributed by atoms with Crippen LogP contribution in [0.5, 0.6) is 0 Å². The first-order valence-corrected chi connectivity index (χ1v) is 11.3. The average Bonchev–Trinajstić information content (AvgIpc) is 2.58. The van der Waals surface area contributed by atoms with Crippen LogP contribution in [0.1, 0.15) is 16.7 Å². The second kappa shape index (κ2) is 6.70. The lowest BCUT2D eigenvalue weighted by atomic mass is 9.84. The first kappa shape index (κ1) is 15.4. The van der Waals surface area contributed by atoms with E-state index in [0.717, 1.165) is 16.7 Å². The molecule has 0 amide bonds. The van der Waals surface area contributed by atoms with Crippen molar-refractivity contribution in [3.63, 3.8) is 0 Å². The molecule has 3 aromatic rings. The molecule has 0 saturated carbocycles. The summed E-state index contributed by atoms with van der Waals surface area (Å²) in [5.41, 5.74) is 3.44. The lowest BCUT2D eigenvalue weighted by Crippen LogP contribution is -2.39. The van der Waals surface area contributed by atoms with Gasteiger partial charge in [0.2, 0.25) is 0 Å². The number of hydrogen-bond donors (Lipinski definition) is 0. The lowest BCUT2D eigenvalue weighted by Gasteiger charge is -2.36. The van der Waals surface area contributed by atoms with Crippen LogP contribution in [0, 0.1) is 0 Å². The molecule has 22 heavy (non-hydrogen) atoms. The van der Waals surface area contributed by atoms with Crippen molar-refractivity contribution in [1.29, 1.82) is 0 Å². The average molecular weight is 343 g/mol. The second-order valence-electron chi connectivity index (χ2n) is 5.21. The molecule has 0 aliphatic carbocycles. The normalized spacial score (nSPS) is 11.6. The highest BCUT2D eigenvalue weighted by molar-refractivity contribution is 7.35. The largest absolute Gasteiger partial charge is 0.255 e. The molecule has 110 valence electrons. The Hall–Kier alpha value is -1.54. The maximum atomic E-state index is 6.71. The van der Waals surface area contributed by atoms with E-state index in [1.807, 2.05) is 54.6 Å². The molecule has 0 N–H and O–H groups in total. The van der Waals surface area contributed by atoms with Crippen molar-refractivity contribution in [1.82, 2.24) is 0 Å². The van der Waals surface area contributed by atoms with Gasteiger partial charge in [-0.1, -0.05) is 91.0 Å². The van der Waals surface area contributed by atoms with Crippen molar-refractivity contribution in [2.24, 2.45) is 0 Å². The van der Waals surface area contributed by atoms with Crippen LogP contribution in [0.4, 0.5) is 0 Å². The molecule has 0 aliphatic heterocycles. The van der Waals surface area contributed by atoms with Crippen LogP contribution >= 0.6 is 22.2 Å². The van der Waals surface area contributed by atoms with E-state index < -0.39 is 12.5 Å². The summed E-state index contributed by atoms with van der Waals surface area (Å²) in [6.45, 7) is 0. The molecule has 3 rings (SSSR count). The molecule has 3 aromatic carbocycles. The minimum Gasteiger partial charge on any atom is -0.149 e. The molecule has 0 atom stereocenters. The minimum atomic E-state index is -2.16. The standard InChI is InChI=1S/C19H16Cl2Si/c20-22(21)19(16-10-4-1-5-11-16,17-12-6-2-7-13-17)18-14-8-3-9-15-18/h1-15,22H. The highest BCUT2D eigenvalue weighted by Crippen LogP contribution is 2.43. The summed E-state index contributed by atoms with van der Waals surface area (Å²) in [7, 11) is -2.16. The summed E-state index contributed by atoms with van der Waals surface area (Å²) in [5, 5.41) is -0.451. The van der Waals surface area contributed by atoms with Crippen molar-refractivity contribution < 1.29 is 0 Å². The van der Waals surface area contributed by atoms with Crippen LogP contribution in [0.15, 0.2) is 91.0 Å². The molecule has 0 nitrogen and oxygen atoms in total. The van der Waals surface area contributed by atoms with Crippen molar-refractivity contribution in [2.45, 2.75) is 5.04 Å². The molecule has 0 radical (unpaired) electrons. The highest BCUT2D eigenvalue weighted by Gasteiger charge is 2.43. The molecule has 0 unspecified atom stereocenters. The van der Waals surface area contributed by atoms with Gasteiger partial charge in [-0.25, -0.2) is 0 Å².